The van der Waals surface area contributed by atoms with E-state index in [2.05, 4.69) is 4.90 Å². The van der Waals surface area contributed by atoms with Crippen LogP contribution in [0.4, 0.5) is 0 Å². The molecular weight excluding hydrogens is 411 g/mol. The topological polar surface area (TPSA) is 53.0 Å². The molecule has 1 saturated heterocycles. The minimum absolute atomic E-state index is 0.0994. The molecule has 1 fully saturated rings. The molecule has 7 heteroatoms. The number of amides is 1. The summed E-state index contributed by atoms with van der Waals surface area (Å²) in [5.74, 6) is 0.0994. The Morgan fingerprint density at radius 3 is 1.90 bits per heavy atom. The molecule has 0 radical (unpaired) electrons. The lowest BCUT2D eigenvalue weighted by Crippen LogP contribution is -2.50. The minimum atomic E-state index is -0.624. The maximum absolute atomic E-state index is 11.4. The highest BCUT2D eigenvalue weighted by Gasteiger charge is 2.22. The Kier molecular flexibility index (Phi) is 7.92. The first-order valence-electron chi connectivity index (χ1n) is 9.71. The molecule has 0 bridgehead atoms. The molecule has 0 aromatic heterocycles. The fourth-order valence-corrected chi connectivity index (χ4v) is 3.72. The van der Waals surface area contributed by atoms with Gasteiger partial charge in [-0.15, -0.1) is 0 Å². The lowest BCUT2D eigenvalue weighted by atomic mass is 10.0. The van der Waals surface area contributed by atoms with Gasteiger partial charge >= 0.3 is 0 Å². The largest absolute Gasteiger partial charge is 0.389 e. The molecular formula is C22H26Cl2N2O3. The molecule has 1 aliphatic heterocycles. The van der Waals surface area contributed by atoms with E-state index in [1.807, 2.05) is 53.4 Å². The molecule has 1 heterocycles. The van der Waals surface area contributed by atoms with Gasteiger partial charge < -0.3 is 14.7 Å². The highest BCUT2D eigenvalue weighted by molar-refractivity contribution is 6.30. The van der Waals surface area contributed by atoms with Gasteiger partial charge in [-0.1, -0.05) is 47.5 Å². The molecule has 0 spiro atoms. The molecule has 29 heavy (non-hydrogen) atoms. The van der Waals surface area contributed by atoms with Crippen molar-refractivity contribution in [2.75, 3.05) is 39.3 Å². The first-order chi connectivity index (χ1) is 13.9. The number of ether oxygens (including phenoxy) is 1. The van der Waals surface area contributed by atoms with Crippen LogP contribution in [0.2, 0.25) is 10.0 Å². The van der Waals surface area contributed by atoms with E-state index in [1.165, 1.54) is 0 Å². The number of β-amino-alcohol motifs (C(OH)–C–C–N with tert-alkyl or cyclic N) is 1. The number of nitrogens with zero attached hydrogens (tertiary/aromatic N) is 2. The number of benzene rings is 2. The zero-order chi connectivity index (χ0) is 20.8. The van der Waals surface area contributed by atoms with Crippen molar-refractivity contribution < 1.29 is 14.6 Å². The number of aliphatic hydroxyl groups is 1. The fourth-order valence-electron chi connectivity index (χ4n) is 3.46. The van der Waals surface area contributed by atoms with Crippen LogP contribution in [0.1, 0.15) is 24.2 Å². The number of hydrogen-bond donors (Lipinski definition) is 1. The van der Waals surface area contributed by atoms with E-state index < -0.39 is 6.10 Å². The van der Waals surface area contributed by atoms with Crippen LogP contribution in [-0.4, -0.2) is 66.2 Å². The maximum atomic E-state index is 11.4. The van der Waals surface area contributed by atoms with E-state index in [1.54, 1.807) is 6.92 Å². The average Bonchev–Trinajstić information content (AvgIpc) is 2.71. The second-order valence-corrected chi connectivity index (χ2v) is 8.15. The van der Waals surface area contributed by atoms with Crippen LogP contribution in [0.5, 0.6) is 0 Å². The van der Waals surface area contributed by atoms with Gasteiger partial charge in [0.15, 0.2) is 0 Å². The van der Waals surface area contributed by atoms with Crippen molar-refractivity contribution in [1.82, 2.24) is 9.80 Å². The van der Waals surface area contributed by atoms with Crippen molar-refractivity contribution in [3.05, 3.63) is 69.7 Å². The Morgan fingerprint density at radius 1 is 0.966 bits per heavy atom. The summed E-state index contributed by atoms with van der Waals surface area (Å²) >= 11 is 12.0. The van der Waals surface area contributed by atoms with Crippen molar-refractivity contribution in [1.29, 1.82) is 0 Å². The molecule has 0 saturated carbocycles. The van der Waals surface area contributed by atoms with Crippen molar-refractivity contribution in [3.8, 4) is 0 Å². The number of carbonyl (C=O) groups excluding carboxylic acids is 1. The molecule has 1 atom stereocenters. The molecule has 3 rings (SSSR count). The summed E-state index contributed by atoms with van der Waals surface area (Å²) in [6, 6.07) is 15.0. The number of piperazine rings is 1. The Bertz CT molecular complexity index is 745. The molecule has 2 aromatic carbocycles. The lowest BCUT2D eigenvalue weighted by molar-refractivity contribution is -0.130. The Labute approximate surface area is 181 Å². The van der Waals surface area contributed by atoms with E-state index in [-0.39, 0.29) is 18.6 Å². The fraction of sp³-hybridized carbons (Fsp3) is 0.409. The van der Waals surface area contributed by atoms with Crippen LogP contribution in [-0.2, 0) is 9.53 Å². The molecule has 2 aromatic rings. The summed E-state index contributed by atoms with van der Waals surface area (Å²) in [6.45, 7) is 5.21. The molecule has 1 N–H and O–H groups in total. The minimum Gasteiger partial charge on any atom is -0.389 e. The van der Waals surface area contributed by atoms with Gasteiger partial charge in [-0.25, -0.2) is 0 Å². The highest BCUT2D eigenvalue weighted by Crippen LogP contribution is 2.28. The van der Waals surface area contributed by atoms with Crippen molar-refractivity contribution in [2.24, 2.45) is 0 Å². The van der Waals surface area contributed by atoms with E-state index in [4.69, 9.17) is 27.9 Å². The van der Waals surface area contributed by atoms with Gasteiger partial charge in [-0.3, -0.25) is 9.69 Å². The van der Waals surface area contributed by atoms with E-state index in [0.29, 0.717) is 29.7 Å². The number of rotatable bonds is 7. The maximum Gasteiger partial charge on any atom is 0.219 e. The molecule has 1 aliphatic rings. The van der Waals surface area contributed by atoms with Crippen LogP contribution in [0.15, 0.2) is 48.5 Å². The van der Waals surface area contributed by atoms with Gasteiger partial charge in [0.2, 0.25) is 5.91 Å². The second-order valence-electron chi connectivity index (χ2n) is 7.28. The SMILES string of the molecule is CC(=O)N1CCN(C[C@@H](O)COC(c2ccc(Cl)cc2)c2ccc(Cl)cc2)CC1. The summed E-state index contributed by atoms with van der Waals surface area (Å²) in [5.41, 5.74) is 1.91. The lowest BCUT2D eigenvalue weighted by Gasteiger charge is -2.35. The summed E-state index contributed by atoms with van der Waals surface area (Å²) in [5, 5.41) is 11.8. The second kappa shape index (κ2) is 10.4. The van der Waals surface area contributed by atoms with Crippen LogP contribution >= 0.6 is 23.2 Å². The summed E-state index contributed by atoms with van der Waals surface area (Å²) in [4.78, 5) is 15.4. The highest BCUT2D eigenvalue weighted by atomic mass is 35.5. The zero-order valence-corrected chi connectivity index (χ0v) is 17.9. The number of hydrogen-bond acceptors (Lipinski definition) is 4. The first-order valence-corrected chi connectivity index (χ1v) is 10.5. The summed E-state index contributed by atoms with van der Waals surface area (Å²) < 4.78 is 6.13. The number of halogens is 2. The van der Waals surface area contributed by atoms with Crippen LogP contribution in [0.3, 0.4) is 0 Å². The van der Waals surface area contributed by atoms with E-state index in [9.17, 15) is 9.90 Å². The predicted molar refractivity (Wildman–Crippen MR) is 115 cm³/mol. The molecule has 0 aliphatic carbocycles. The van der Waals surface area contributed by atoms with Gasteiger partial charge in [0.05, 0.1) is 12.7 Å². The third kappa shape index (κ3) is 6.43. The van der Waals surface area contributed by atoms with E-state index in [0.717, 1.165) is 24.2 Å². The Hall–Kier alpha value is -1.63. The van der Waals surface area contributed by atoms with Gasteiger partial charge in [0.25, 0.3) is 0 Å². The third-order valence-corrected chi connectivity index (χ3v) is 5.59. The molecule has 5 nitrogen and oxygen atoms in total. The summed E-state index contributed by atoms with van der Waals surface area (Å²) in [6.07, 6.45) is -0.949. The van der Waals surface area contributed by atoms with Crippen LogP contribution in [0.25, 0.3) is 0 Å². The summed E-state index contributed by atoms with van der Waals surface area (Å²) in [7, 11) is 0. The van der Waals surface area contributed by atoms with Crippen molar-refractivity contribution in [2.45, 2.75) is 19.1 Å². The zero-order valence-electron chi connectivity index (χ0n) is 16.4. The predicted octanol–water partition coefficient (Wildman–Crippen LogP) is 3.62. The molecule has 156 valence electrons. The van der Waals surface area contributed by atoms with Gasteiger partial charge in [-0.2, -0.15) is 0 Å². The Morgan fingerprint density at radius 2 is 1.45 bits per heavy atom. The number of carbonyl (C=O) groups is 1. The van der Waals surface area contributed by atoms with Gasteiger partial charge in [-0.05, 0) is 35.4 Å². The quantitative estimate of drug-likeness (QED) is 0.719. The van der Waals surface area contributed by atoms with E-state index >= 15 is 0 Å². The van der Waals surface area contributed by atoms with Crippen LogP contribution in [0, 0.1) is 0 Å². The van der Waals surface area contributed by atoms with Gasteiger partial charge in [0, 0.05) is 49.7 Å². The van der Waals surface area contributed by atoms with Crippen molar-refractivity contribution >= 4 is 29.1 Å². The van der Waals surface area contributed by atoms with Gasteiger partial charge in [0.1, 0.15) is 6.10 Å². The molecule has 0 unspecified atom stereocenters. The first kappa shape index (κ1) is 22.1. The number of aliphatic hydroxyl groups excluding tert-OH is 1. The van der Waals surface area contributed by atoms with Crippen LogP contribution < -0.4 is 0 Å². The monoisotopic (exact) mass is 436 g/mol. The standard InChI is InChI=1S/C22H26Cl2N2O3/c1-16(27)26-12-10-25(11-13-26)14-21(28)15-29-22(17-2-6-19(23)7-3-17)18-4-8-20(24)9-5-18/h2-9,21-22,28H,10-15H2,1H3/t21-/m1/s1. The normalized spacial score (nSPS) is 16.2. The molecule has 1 amide bonds. The smallest absolute Gasteiger partial charge is 0.219 e. The third-order valence-electron chi connectivity index (χ3n) is 5.09. The average molecular weight is 437 g/mol. The van der Waals surface area contributed by atoms with Crippen molar-refractivity contribution in [3.63, 3.8) is 0 Å². The Balaban J connectivity index is 1.60.